The van der Waals surface area contributed by atoms with Crippen LogP contribution in [-0.4, -0.2) is 28.4 Å². The molecule has 0 aromatic carbocycles. The van der Waals surface area contributed by atoms with Gasteiger partial charge in [-0.05, 0) is 43.7 Å². The first-order chi connectivity index (χ1) is 9.79. The van der Waals surface area contributed by atoms with Crippen molar-refractivity contribution >= 4 is 18.3 Å². The molecule has 0 bridgehead atoms. The minimum absolute atomic E-state index is 0. The highest BCUT2D eigenvalue weighted by Crippen LogP contribution is 2.35. The fourth-order valence-electron chi connectivity index (χ4n) is 3.77. The number of aromatic nitrogens is 1. The molecule has 1 aliphatic heterocycles. The Kier molecular flexibility index (Phi) is 5.59. The van der Waals surface area contributed by atoms with Gasteiger partial charge in [0.15, 0.2) is 0 Å². The van der Waals surface area contributed by atoms with Crippen LogP contribution < -0.4 is 5.73 Å². The van der Waals surface area contributed by atoms with Crippen LogP contribution in [0.1, 0.15) is 54.6 Å². The summed E-state index contributed by atoms with van der Waals surface area (Å²) >= 11 is 0. The van der Waals surface area contributed by atoms with Crippen LogP contribution in [0, 0.1) is 5.92 Å². The van der Waals surface area contributed by atoms with Crippen molar-refractivity contribution in [3.8, 4) is 0 Å². The number of hydrogen-bond acceptors (Lipinski definition) is 3. The number of carbonyl (C=O) groups excluding carboxylic acids is 1. The van der Waals surface area contributed by atoms with Gasteiger partial charge in [0, 0.05) is 30.9 Å². The Hall–Kier alpha value is -1.13. The van der Waals surface area contributed by atoms with Crippen molar-refractivity contribution < 1.29 is 4.79 Å². The van der Waals surface area contributed by atoms with Crippen LogP contribution in [0.4, 0.5) is 0 Å². The Morgan fingerprint density at radius 3 is 2.86 bits per heavy atom. The summed E-state index contributed by atoms with van der Waals surface area (Å²) in [4.78, 5) is 19.1. The number of carbonyl (C=O) groups is 1. The van der Waals surface area contributed by atoms with Gasteiger partial charge in [0.2, 0.25) is 0 Å². The second-order valence-corrected chi connectivity index (χ2v) is 5.99. The topological polar surface area (TPSA) is 59.2 Å². The molecule has 4 nitrogen and oxygen atoms in total. The number of piperidine rings is 1. The maximum atomic E-state index is 12.8. The van der Waals surface area contributed by atoms with Crippen molar-refractivity contribution in [1.29, 1.82) is 0 Å². The number of likely N-dealkylation sites (tertiary alicyclic amines) is 1. The van der Waals surface area contributed by atoms with Crippen LogP contribution in [-0.2, 0) is 6.54 Å². The second kappa shape index (κ2) is 7.23. The van der Waals surface area contributed by atoms with Crippen molar-refractivity contribution in [3.05, 3.63) is 29.6 Å². The van der Waals surface area contributed by atoms with E-state index in [0.717, 1.165) is 30.1 Å². The van der Waals surface area contributed by atoms with Crippen LogP contribution in [0.25, 0.3) is 0 Å². The average molecular weight is 310 g/mol. The van der Waals surface area contributed by atoms with Gasteiger partial charge in [-0.25, -0.2) is 0 Å². The van der Waals surface area contributed by atoms with E-state index in [9.17, 15) is 4.79 Å². The summed E-state index contributed by atoms with van der Waals surface area (Å²) in [6.07, 6.45) is 9.17. The minimum Gasteiger partial charge on any atom is -0.335 e. The molecule has 0 spiro atoms. The second-order valence-electron chi connectivity index (χ2n) is 5.99. The van der Waals surface area contributed by atoms with Crippen molar-refractivity contribution in [3.63, 3.8) is 0 Å². The van der Waals surface area contributed by atoms with Gasteiger partial charge in [-0.1, -0.05) is 12.8 Å². The van der Waals surface area contributed by atoms with E-state index >= 15 is 0 Å². The number of fused-ring (bicyclic) bond motifs is 1. The standard InChI is InChI=1S/C16H23N3O.ClH/c17-11-14-10-13(7-8-18-14)16(20)19-9-3-5-12-4-1-2-6-15(12)19;/h7-8,10,12,15H,1-6,9,11,17H2;1H. The Morgan fingerprint density at radius 1 is 1.29 bits per heavy atom. The van der Waals surface area contributed by atoms with Gasteiger partial charge in [0.05, 0.1) is 5.69 Å². The van der Waals surface area contributed by atoms with Crippen molar-refractivity contribution in [2.75, 3.05) is 6.54 Å². The fraction of sp³-hybridized carbons (Fsp3) is 0.625. The lowest BCUT2D eigenvalue weighted by atomic mass is 9.78. The highest BCUT2D eigenvalue weighted by Gasteiger charge is 2.35. The molecule has 2 aliphatic rings. The Bertz CT molecular complexity index is 492. The van der Waals surface area contributed by atoms with E-state index in [1.807, 2.05) is 12.1 Å². The molecule has 2 unspecified atom stereocenters. The van der Waals surface area contributed by atoms with E-state index in [-0.39, 0.29) is 18.3 Å². The Balaban J connectivity index is 0.00000161. The van der Waals surface area contributed by atoms with Gasteiger partial charge in [0.1, 0.15) is 0 Å². The van der Waals surface area contributed by atoms with Gasteiger partial charge < -0.3 is 10.6 Å². The first-order valence-electron chi connectivity index (χ1n) is 7.75. The first-order valence-corrected chi connectivity index (χ1v) is 7.75. The smallest absolute Gasteiger partial charge is 0.254 e. The van der Waals surface area contributed by atoms with E-state index in [0.29, 0.717) is 12.6 Å². The molecule has 21 heavy (non-hydrogen) atoms. The Labute approximate surface area is 132 Å². The normalized spacial score (nSPS) is 24.9. The molecule has 2 fully saturated rings. The van der Waals surface area contributed by atoms with Gasteiger partial charge in [-0.2, -0.15) is 0 Å². The van der Waals surface area contributed by atoms with Crippen LogP contribution in [0.2, 0.25) is 0 Å². The third kappa shape index (κ3) is 3.38. The molecule has 116 valence electrons. The molecule has 1 saturated heterocycles. The highest BCUT2D eigenvalue weighted by molar-refractivity contribution is 5.94. The summed E-state index contributed by atoms with van der Waals surface area (Å²) in [7, 11) is 0. The summed E-state index contributed by atoms with van der Waals surface area (Å²) in [5, 5.41) is 0. The number of nitrogens with zero attached hydrogens (tertiary/aromatic N) is 2. The average Bonchev–Trinajstić information content (AvgIpc) is 2.53. The zero-order valence-corrected chi connectivity index (χ0v) is 13.1. The summed E-state index contributed by atoms with van der Waals surface area (Å²) < 4.78 is 0. The lowest BCUT2D eigenvalue weighted by Crippen LogP contribution is -2.49. The predicted octanol–water partition coefficient (Wildman–Crippen LogP) is 2.76. The Morgan fingerprint density at radius 2 is 2.05 bits per heavy atom. The molecule has 0 radical (unpaired) electrons. The SMILES string of the molecule is Cl.NCc1cc(C(=O)N2CCCC3CCCCC32)ccn1. The molecule has 2 N–H and O–H groups in total. The molecular formula is C16H24ClN3O. The van der Waals surface area contributed by atoms with Crippen molar-refractivity contribution in [2.24, 2.45) is 11.7 Å². The molecule has 1 aromatic rings. The van der Waals surface area contributed by atoms with Gasteiger partial charge >= 0.3 is 0 Å². The third-order valence-electron chi connectivity index (χ3n) is 4.78. The van der Waals surface area contributed by atoms with E-state index in [1.54, 1.807) is 6.20 Å². The number of nitrogens with two attached hydrogens (primary N) is 1. The number of amides is 1. The summed E-state index contributed by atoms with van der Waals surface area (Å²) in [6, 6.07) is 4.11. The maximum absolute atomic E-state index is 12.8. The van der Waals surface area contributed by atoms with E-state index in [4.69, 9.17) is 5.73 Å². The number of pyridine rings is 1. The monoisotopic (exact) mass is 309 g/mol. The molecule has 5 heteroatoms. The molecule has 1 aliphatic carbocycles. The molecule has 1 aromatic heterocycles. The highest BCUT2D eigenvalue weighted by atomic mass is 35.5. The molecular weight excluding hydrogens is 286 g/mol. The zero-order valence-electron chi connectivity index (χ0n) is 12.3. The van der Waals surface area contributed by atoms with E-state index in [1.165, 1.54) is 32.1 Å². The molecule has 1 amide bonds. The van der Waals surface area contributed by atoms with Crippen LogP contribution in [0.5, 0.6) is 0 Å². The quantitative estimate of drug-likeness (QED) is 0.914. The molecule has 2 atom stereocenters. The van der Waals surface area contributed by atoms with E-state index in [2.05, 4.69) is 9.88 Å². The number of halogens is 1. The predicted molar refractivity (Wildman–Crippen MR) is 85.4 cm³/mol. The lowest BCUT2D eigenvalue weighted by molar-refractivity contribution is 0.0390. The minimum atomic E-state index is 0. The van der Waals surface area contributed by atoms with Crippen LogP contribution in [0.3, 0.4) is 0 Å². The van der Waals surface area contributed by atoms with Crippen LogP contribution in [0.15, 0.2) is 18.3 Å². The fourth-order valence-corrected chi connectivity index (χ4v) is 3.77. The zero-order chi connectivity index (χ0) is 13.9. The molecule has 2 heterocycles. The van der Waals surface area contributed by atoms with Gasteiger partial charge in [0.25, 0.3) is 5.91 Å². The van der Waals surface area contributed by atoms with Gasteiger partial charge in [-0.15, -0.1) is 12.4 Å². The maximum Gasteiger partial charge on any atom is 0.254 e. The van der Waals surface area contributed by atoms with Crippen LogP contribution >= 0.6 is 12.4 Å². The van der Waals surface area contributed by atoms with Crippen molar-refractivity contribution in [1.82, 2.24) is 9.88 Å². The summed E-state index contributed by atoms with van der Waals surface area (Å²) in [5.41, 5.74) is 7.14. The van der Waals surface area contributed by atoms with Crippen molar-refractivity contribution in [2.45, 2.75) is 51.1 Å². The summed E-state index contributed by atoms with van der Waals surface area (Å²) in [5.74, 6) is 0.885. The molecule has 3 rings (SSSR count). The molecule has 1 saturated carbocycles. The lowest BCUT2D eigenvalue weighted by Gasteiger charge is -2.44. The van der Waals surface area contributed by atoms with E-state index < -0.39 is 0 Å². The first kappa shape index (κ1) is 16.2. The largest absolute Gasteiger partial charge is 0.335 e. The summed E-state index contributed by atoms with van der Waals surface area (Å²) in [6.45, 7) is 1.29. The number of rotatable bonds is 2. The number of hydrogen-bond donors (Lipinski definition) is 1. The van der Waals surface area contributed by atoms with Gasteiger partial charge in [-0.3, -0.25) is 9.78 Å². The third-order valence-corrected chi connectivity index (χ3v) is 4.78.